The second kappa shape index (κ2) is 6.02. The summed E-state index contributed by atoms with van der Waals surface area (Å²) in [5.41, 5.74) is -0.402. The zero-order valence-electron chi connectivity index (χ0n) is 12.3. The van der Waals surface area contributed by atoms with Crippen LogP contribution in [0.3, 0.4) is 0 Å². The molecule has 5 heteroatoms. The number of nitrogens with zero attached hydrogens (tertiary/aromatic N) is 2. The summed E-state index contributed by atoms with van der Waals surface area (Å²) in [7, 11) is 1.67. The maximum absolute atomic E-state index is 12.4. The van der Waals surface area contributed by atoms with E-state index in [9.17, 15) is 9.90 Å². The van der Waals surface area contributed by atoms with Gasteiger partial charge in [-0.25, -0.2) is 4.98 Å². The predicted molar refractivity (Wildman–Crippen MR) is 76.3 cm³/mol. The van der Waals surface area contributed by atoms with Gasteiger partial charge >= 0.3 is 0 Å². The van der Waals surface area contributed by atoms with Crippen LogP contribution in [0.2, 0.25) is 0 Å². The minimum absolute atomic E-state index is 0.154. The molecule has 0 aromatic carbocycles. The van der Waals surface area contributed by atoms with Gasteiger partial charge in [0, 0.05) is 25.8 Å². The van der Waals surface area contributed by atoms with Gasteiger partial charge in [-0.05, 0) is 39.8 Å². The van der Waals surface area contributed by atoms with Crippen molar-refractivity contribution >= 4 is 11.7 Å². The van der Waals surface area contributed by atoms with E-state index in [0.717, 1.165) is 0 Å². The van der Waals surface area contributed by atoms with Crippen LogP contribution in [-0.4, -0.2) is 46.1 Å². The van der Waals surface area contributed by atoms with Crippen LogP contribution in [0.25, 0.3) is 0 Å². The summed E-state index contributed by atoms with van der Waals surface area (Å²) >= 11 is 0. The van der Waals surface area contributed by atoms with Crippen molar-refractivity contribution in [3.63, 3.8) is 0 Å². The van der Waals surface area contributed by atoms with Gasteiger partial charge in [0.2, 0.25) is 0 Å². The van der Waals surface area contributed by atoms with E-state index in [1.807, 2.05) is 13.8 Å². The van der Waals surface area contributed by atoms with Crippen LogP contribution in [0.15, 0.2) is 18.3 Å². The average Bonchev–Trinajstić information content (AvgIpc) is 2.25. The van der Waals surface area contributed by atoms with Gasteiger partial charge < -0.3 is 15.3 Å². The van der Waals surface area contributed by atoms with Crippen molar-refractivity contribution in [3.05, 3.63) is 23.9 Å². The molecule has 0 fully saturated rings. The zero-order chi connectivity index (χ0) is 14.6. The predicted octanol–water partition coefficient (Wildman–Crippen LogP) is 1.74. The van der Waals surface area contributed by atoms with Gasteiger partial charge in [-0.3, -0.25) is 4.79 Å². The van der Waals surface area contributed by atoms with Crippen LogP contribution in [0.4, 0.5) is 5.82 Å². The molecule has 19 heavy (non-hydrogen) atoms. The fraction of sp³-hybridized carbons (Fsp3) is 0.571. The van der Waals surface area contributed by atoms with E-state index in [0.29, 0.717) is 11.4 Å². The third-order valence-corrected chi connectivity index (χ3v) is 2.43. The molecule has 2 N–H and O–H groups in total. The van der Waals surface area contributed by atoms with E-state index in [1.54, 1.807) is 39.2 Å². The average molecular weight is 265 g/mol. The fourth-order valence-corrected chi connectivity index (χ4v) is 1.82. The van der Waals surface area contributed by atoms with E-state index >= 15 is 0 Å². The van der Waals surface area contributed by atoms with Crippen LogP contribution >= 0.6 is 0 Å². The third-order valence-electron chi connectivity index (χ3n) is 2.43. The topological polar surface area (TPSA) is 65.5 Å². The molecule has 106 valence electrons. The molecule has 1 amide bonds. The highest BCUT2D eigenvalue weighted by Gasteiger charge is 2.22. The van der Waals surface area contributed by atoms with Gasteiger partial charge in [0.1, 0.15) is 5.82 Å². The first-order chi connectivity index (χ1) is 8.70. The number of rotatable bonds is 5. The standard InChI is InChI=1S/C14H23N3O2/c1-10(2)16-12-11(7-6-8-15-12)13(18)17(5)9-14(3,4)19/h6-8,10,19H,9H2,1-5H3,(H,15,16). The van der Waals surface area contributed by atoms with Crippen molar-refractivity contribution in [1.82, 2.24) is 9.88 Å². The first-order valence-corrected chi connectivity index (χ1v) is 6.40. The lowest BCUT2D eigenvalue weighted by Gasteiger charge is -2.26. The summed E-state index contributed by atoms with van der Waals surface area (Å²) in [6.45, 7) is 7.59. The Labute approximate surface area is 114 Å². The van der Waals surface area contributed by atoms with E-state index in [1.165, 1.54) is 4.90 Å². The van der Waals surface area contributed by atoms with E-state index in [4.69, 9.17) is 0 Å². The summed E-state index contributed by atoms with van der Waals surface area (Å²) in [6.07, 6.45) is 1.65. The van der Waals surface area contributed by atoms with Crippen LogP contribution < -0.4 is 5.32 Å². The number of aliphatic hydroxyl groups is 1. The number of carbonyl (C=O) groups is 1. The summed E-state index contributed by atoms with van der Waals surface area (Å²) < 4.78 is 0. The monoisotopic (exact) mass is 265 g/mol. The number of hydrogen-bond acceptors (Lipinski definition) is 4. The Balaban J connectivity index is 2.93. The Hall–Kier alpha value is -1.62. The van der Waals surface area contributed by atoms with Gasteiger partial charge in [-0.1, -0.05) is 0 Å². The molecule has 1 rings (SSSR count). The van der Waals surface area contributed by atoms with E-state index in [-0.39, 0.29) is 18.5 Å². The van der Waals surface area contributed by atoms with Crippen molar-refractivity contribution in [2.24, 2.45) is 0 Å². The highest BCUT2D eigenvalue weighted by molar-refractivity contribution is 5.98. The molecule has 1 heterocycles. The van der Waals surface area contributed by atoms with Gasteiger partial charge in [-0.2, -0.15) is 0 Å². The number of anilines is 1. The first-order valence-electron chi connectivity index (χ1n) is 6.40. The summed E-state index contributed by atoms with van der Waals surface area (Å²) in [6, 6.07) is 3.67. The number of likely N-dealkylation sites (N-methyl/N-ethyl adjacent to an activating group) is 1. The Morgan fingerprint density at radius 1 is 1.53 bits per heavy atom. The lowest BCUT2D eigenvalue weighted by atomic mass is 10.1. The number of amides is 1. The summed E-state index contributed by atoms with van der Waals surface area (Å²) in [5.74, 6) is 0.420. The van der Waals surface area contributed by atoms with Crippen molar-refractivity contribution in [2.75, 3.05) is 18.9 Å². The van der Waals surface area contributed by atoms with Crippen molar-refractivity contribution in [3.8, 4) is 0 Å². The summed E-state index contributed by atoms with van der Waals surface area (Å²) in [4.78, 5) is 18.1. The Kier molecular flexibility index (Phi) is 4.89. The molecule has 0 aliphatic carbocycles. The van der Waals surface area contributed by atoms with E-state index in [2.05, 4.69) is 10.3 Å². The fourth-order valence-electron chi connectivity index (χ4n) is 1.82. The van der Waals surface area contributed by atoms with Gasteiger partial charge in [-0.15, -0.1) is 0 Å². The highest BCUT2D eigenvalue weighted by atomic mass is 16.3. The highest BCUT2D eigenvalue weighted by Crippen LogP contribution is 2.16. The molecule has 1 aromatic heterocycles. The van der Waals surface area contributed by atoms with Gasteiger partial charge in [0.15, 0.2) is 0 Å². The zero-order valence-corrected chi connectivity index (χ0v) is 12.3. The first kappa shape index (κ1) is 15.4. The third kappa shape index (κ3) is 4.87. The van der Waals surface area contributed by atoms with Crippen molar-refractivity contribution in [1.29, 1.82) is 0 Å². The lowest BCUT2D eigenvalue weighted by molar-refractivity contribution is 0.0368. The second-order valence-electron chi connectivity index (χ2n) is 5.67. The van der Waals surface area contributed by atoms with Gasteiger partial charge in [0.25, 0.3) is 5.91 Å². The number of hydrogen-bond donors (Lipinski definition) is 2. The van der Waals surface area contributed by atoms with Crippen LogP contribution in [0, 0.1) is 0 Å². The number of nitrogens with one attached hydrogen (secondary N) is 1. The van der Waals surface area contributed by atoms with Gasteiger partial charge in [0.05, 0.1) is 11.2 Å². The molecule has 0 aliphatic rings. The largest absolute Gasteiger partial charge is 0.389 e. The maximum Gasteiger partial charge on any atom is 0.257 e. The minimum atomic E-state index is -0.918. The Morgan fingerprint density at radius 2 is 2.16 bits per heavy atom. The lowest BCUT2D eigenvalue weighted by Crippen LogP contribution is -2.40. The van der Waals surface area contributed by atoms with Crippen molar-refractivity contribution < 1.29 is 9.90 Å². The SMILES string of the molecule is CC(C)Nc1ncccc1C(=O)N(C)CC(C)(C)O. The molecule has 0 unspecified atom stereocenters. The molecule has 0 saturated carbocycles. The maximum atomic E-state index is 12.4. The van der Waals surface area contributed by atoms with Crippen LogP contribution in [-0.2, 0) is 0 Å². The van der Waals surface area contributed by atoms with Crippen LogP contribution in [0.1, 0.15) is 38.1 Å². The molecular weight excluding hydrogens is 242 g/mol. The normalized spacial score (nSPS) is 11.5. The number of carbonyl (C=O) groups excluding carboxylic acids is 1. The molecule has 0 saturated heterocycles. The second-order valence-corrected chi connectivity index (χ2v) is 5.67. The minimum Gasteiger partial charge on any atom is -0.389 e. The summed E-state index contributed by atoms with van der Waals surface area (Å²) in [5, 5.41) is 12.9. The molecule has 1 aromatic rings. The molecule has 0 atom stereocenters. The molecule has 0 aliphatic heterocycles. The Bertz CT molecular complexity index is 439. The smallest absolute Gasteiger partial charge is 0.257 e. The number of pyridine rings is 1. The van der Waals surface area contributed by atoms with Crippen LogP contribution in [0.5, 0.6) is 0 Å². The molecule has 0 bridgehead atoms. The molecule has 0 radical (unpaired) electrons. The molecular formula is C14H23N3O2. The van der Waals surface area contributed by atoms with Crippen molar-refractivity contribution in [2.45, 2.75) is 39.3 Å². The molecule has 5 nitrogen and oxygen atoms in total. The van der Waals surface area contributed by atoms with E-state index < -0.39 is 5.60 Å². The quantitative estimate of drug-likeness (QED) is 0.851. The Morgan fingerprint density at radius 3 is 2.68 bits per heavy atom. The number of aromatic nitrogens is 1. The molecule has 0 spiro atoms.